The van der Waals surface area contributed by atoms with Crippen LogP contribution in [0.4, 0.5) is 0 Å². The van der Waals surface area contributed by atoms with E-state index in [1.807, 2.05) is 0 Å². The molecule has 0 saturated carbocycles. The second-order valence-corrected chi connectivity index (χ2v) is 4.29. The molecule has 0 aromatic rings. The third-order valence-corrected chi connectivity index (χ3v) is 2.84. The van der Waals surface area contributed by atoms with Gasteiger partial charge in [-0.25, -0.2) is 0 Å². The lowest BCUT2D eigenvalue weighted by atomic mass is 9.92. The summed E-state index contributed by atoms with van der Waals surface area (Å²) in [6, 6.07) is 0. The van der Waals surface area contributed by atoms with Crippen LogP contribution in [-0.4, -0.2) is 51.3 Å². The van der Waals surface area contributed by atoms with Crippen molar-refractivity contribution in [1.82, 2.24) is 0 Å². The molecule has 126 valence electrons. The number of rotatable bonds is 9. The quantitative estimate of drug-likeness (QED) is 0.343. The van der Waals surface area contributed by atoms with Gasteiger partial charge in [0, 0.05) is 0 Å². The molecule has 8 nitrogen and oxygen atoms in total. The number of ether oxygens (including phenoxy) is 4. The molecule has 0 spiro atoms. The van der Waals surface area contributed by atoms with Crippen LogP contribution in [0.2, 0.25) is 0 Å². The molecule has 0 aliphatic rings. The van der Waals surface area contributed by atoms with Crippen molar-refractivity contribution >= 4 is 23.9 Å². The predicted octanol–water partition coefficient (Wildman–Crippen LogP) is 0.471. The van der Waals surface area contributed by atoms with Gasteiger partial charge < -0.3 is 18.9 Å². The minimum Gasteiger partial charge on any atom is -0.469 e. The summed E-state index contributed by atoms with van der Waals surface area (Å²) >= 11 is 0. The number of hydrogen-bond donors (Lipinski definition) is 0. The first kappa shape index (κ1) is 19.9. The van der Waals surface area contributed by atoms with E-state index in [1.54, 1.807) is 13.8 Å². The molecule has 0 N–H and O–H groups in total. The fraction of sp³-hybridized carbons (Fsp3) is 0.714. The van der Waals surface area contributed by atoms with E-state index in [-0.39, 0.29) is 26.1 Å². The third kappa shape index (κ3) is 6.55. The zero-order valence-electron chi connectivity index (χ0n) is 13.2. The van der Waals surface area contributed by atoms with E-state index >= 15 is 0 Å². The number of methoxy groups -OCH3 is 2. The number of carbonyl (C=O) groups excluding carboxylic acids is 4. The second kappa shape index (κ2) is 10.6. The van der Waals surface area contributed by atoms with Crippen molar-refractivity contribution in [3.8, 4) is 0 Å². The molecule has 0 saturated heterocycles. The normalized spacial score (nSPS) is 11.5. The summed E-state index contributed by atoms with van der Waals surface area (Å²) in [4.78, 5) is 46.8. The first-order valence-corrected chi connectivity index (χ1v) is 6.89. The lowest BCUT2D eigenvalue weighted by Crippen LogP contribution is -2.33. The van der Waals surface area contributed by atoms with Crippen LogP contribution in [0.25, 0.3) is 0 Å². The van der Waals surface area contributed by atoms with Gasteiger partial charge >= 0.3 is 23.9 Å². The summed E-state index contributed by atoms with van der Waals surface area (Å²) < 4.78 is 18.7. The maximum Gasteiger partial charge on any atom is 0.320 e. The van der Waals surface area contributed by atoms with Crippen LogP contribution in [0.15, 0.2) is 0 Å². The molecule has 8 heteroatoms. The predicted molar refractivity (Wildman–Crippen MR) is 73.5 cm³/mol. The molecule has 0 heterocycles. The SMILES string of the molecule is CCOC(=O)C(CC(CC(=O)OC)C(=O)OC)C(=O)OCC. The van der Waals surface area contributed by atoms with Crippen LogP contribution < -0.4 is 0 Å². The van der Waals surface area contributed by atoms with Gasteiger partial charge in [0.05, 0.1) is 39.8 Å². The topological polar surface area (TPSA) is 105 Å². The summed E-state index contributed by atoms with van der Waals surface area (Å²) in [5, 5.41) is 0. The van der Waals surface area contributed by atoms with Crippen LogP contribution in [0.5, 0.6) is 0 Å². The minimum atomic E-state index is -1.30. The highest BCUT2D eigenvalue weighted by Crippen LogP contribution is 2.21. The summed E-state index contributed by atoms with van der Waals surface area (Å²) in [6.45, 7) is 3.34. The smallest absolute Gasteiger partial charge is 0.320 e. The van der Waals surface area contributed by atoms with Gasteiger partial charge in [-0.3, -0.25) is 19.2 Å². The van der Waals surface area contributed by atoms with E-state index in [0.29, 0.717) is 0 Å². The molecule has 0 aromatic heterocycles. The Hall–Kier alpha value is -2.12. The average molecular weight is 318 g/mol. The Labute approximate surface area is 129 Å². The molecular weight excluding hydrogens is 296 g/mol. The number of carbonyl (C=O) groups is 4. The molecule has 0 bridgehead atoms. The van der Waals surface area contributed by atoms with Gasteiger partial charge in [0.2, 0.25) is 0 Å². The van der Waals surface area contributed by atoms with E-state index in [2.05, 4.69) is 9.47 Å². The van der Waals surface area contributed by atoms with E-state index in [9.17, 15) is 19.2 Å². The van der Waals surface area contributed by atoms with Gasteiger partial charge in [-0.15, -0.1) is 0 Å². The molecule has 0 aliphatic carbocycles. The highest BCUT2D eigenvalue weighted by Gasteiger charge is 2.36. The second-order valence-electron chi connectivity index (χ2n) is 4.29. The standard InChI is InChI=1S/C14H22O8/c1-5-21-13(17)10(14(18)22-6-2)7-9(12(16)20-4)8-11(15)19-3/h9-10H,5-8H2,1-4H3. The van der Waals surface area contributed by atoms with Crippen molar-refractivity contribution in [1.29, 1.82) is 0 Å². The number of hydrogen-bond acceptors (Lipinski definition) is 8. The van der Waals surface area contributed by atoms with E-state index in [0.717, 1.165) is 7.11 Å². The summed E-state index contributed by atoms with van der Waals surface area (Å²) in [6.07, 6.45) is -0.558. The Balaban J connectivity index is 5.15. The van der Waals surface area contributed by atoms with Gasteiger partial charge in [0.25, 0.3) is 0 Å². The van der Waals surface area contributed by atoms with Crippen LogP contribution in [-0.2, 0) is 38.1 Å². The van der Waals surface area contributed by atoms with Crippen molar-refractivity contribution in [2.75, 3.05) is 27.4 Å². The van der Waals surface area contributed by atoms with Crippen LogP contribution in [0, 0.1) is 11.8 Å². The largest absolute Gasteiger partial charge is 0.469 e. The van der Waals surface area contributed by atoms with Crippen molar-refractivity contribution in [2.45, 2.75) is 26.7 Å². The van der Waals surface area contributed by atoms with Crippen molar-refractivity contribution < 1.29 is 38.1 Å². The van der Waals surface area contributed by atoms with Crippen LogP contribution in [0.3, 0.4) is 0 Å². The molecule has 0 rings (SSSR count). The van der Waals surface area contributed by atoms with Gasteiger partial charge in [-0.2, -0.15) is 0 Å². The highest BCUT2D eigenvalue weighted by atomic mass is 16.6. The fourth-order valence-corrected chi connectivity index (χ4v) is 1.77. The van der Waals surface area contributed by atoms with Gasteiger partial charge in [-0.1, -0.05) is 0 Å². The Morgan fingerprint density at radius 1 is 0.818 bits per heavy atom. The molecule has 0 aliphatic heterocycles. The van der Waals surface area contributed by atoms with Gasteiger partial charge in [0.15, 0.2) is 5.92 Å². The maximum atomic E-state index is 11.9. The van der Waals surface area contributed by atoms with E-state index in [4.69, 9.17) is 9.47 Å². The lowest BCUT2D eigenvalue weighted by molar-refractivity contribution is -0.164. The molecule has 0 aromatic carbocycles. The first-order chi connectivity index (χ1) is 10.4. The Kier molecular flexibility index (Phi) is 9.56. The van der Waals surface area contributed by atoms with Gasteiger partial charge in [0.1, 0.15) is 0 Å². The van der Waals surface area contributed by atoms with Crippen LogP contribution >= 0.6 is 0 Å². The monoisotopic (exact) mass is 318 g/mol. The lowest BCUT2D eigenvalue weighted by Gasteiger charge is -2.19. The zero-order chi connectivity index (χ0) is 17.1. The molecule has 0 fully saturated rings. The summed E-state index contributed by atoms with van der Waals surface area (Å²) in [5.74, 6) is -5.28. The molecule has 1 unspecified atom stereocenters. The molecular formula is C14H22O8. The van der Waals surface area contributed by atoms with Crippen molar-refractivity contribution in [3.63, 3.8) is 0 Å². The summed E-state index contributed by atoms with van der Waals surface area (Å²) in [7, 11) is 2.32. The minimum absolute atomic E-state index is 0.0780. The van der Waals surface area contributed by atoms with Crippen molar-refractivity contribution in [2.24, 2.45) is 11.8 Å². The third-order valence-electron chi connectivity index (χ3n) is 2.84. The molecule has 22 heavy (non-hydrogen) atoms. The fourth-order valence-electron chi connectivity index (χ4n) is 1.77. The van der Waals surface area contributed by atoms with E-state index < -0.39 is 35.7 Å². The van der Waals surface area contributed by atoms with Crippen molar-refractivity contribution in [3.05, 3.63) is 0 Å². The van der Waals surface area contributed by atoms with Gasteiger partial charge in [-0.05, 0) is 20.3 Å². The van der Waals surface area contributed by atoms with E-state index in [1.165, 1.54) is 7.11 Å². The molecule has 0 amide bonds. The Morgan fingerprint density at radius 2 is 1.32 bits per heavy atom. The Morgan fingerprint density at radius 3 is 1.68 bits per heavy atom. The summed E-state index contributed by atoms with van der Waals surface area (Å²) in [5.41, 5.74) is 0. The first-order valence-electron chi connectivity index (χ1n) is 6.89. The average Bonchev–Trinajstić information content (AvgIpc) is 2.50. The molecule has 1 atom stereocenters. The van der Waals surface area contributed by atoms with Crippen LogP contribution in [0.1, 0.15) is 26.7 Å². The highest BCUT2D eigenvalue weighted by molar-refractivity contribution is 5.95. The number of esters is 4. The molecule has 0 radical (unpaired) electrons. The maximum absolute atomic E-state index is 11.9. The zero-order valence-corrected chi connectivity index (χ0v) is 13.2. The Bertz CT molecular complexity index is 386.